The van der Waals surface area contributed by atoms with Gasteiger partial charge in [0, 0.05) is 36.9 Å². The van der Waals surface area contributed by atoms with Gasteiger partial charge in [0.2, 0.25) is 0 Å². The van der Waals surface area contributed by atoms with E-state index in [0.717, 1.165) is 27.8 Å². The van der Waals surface area contributed by atoms with Crippen molar-refractivity contribution >= 4 is 31.5 Å². The van der Waals surface area contributed by atoms with Gasteiger partial charge >= 0.3 is 0 Å². The standard InChI is InChI=1S/C46H28N4S/c47-29-37-14-7-8-15-38(37)32-22-24-35(25-23-32)45-48-44(34-12-5-2-6-13-34)49-46(50-45)36-26-27-40-42(28-36)51-41-17-9-16-39(43(40)41)33-20-18-31(19-21-33)30-10-3-1-4-11-30/h1-28H. The Labute approximate surface area is 299 Å². The number of aromatic nitrogens is 3. The summed E-state index contributed by atoms with van der Waals surface area (Å²) in [5.74, 6) is 1.83. The lowest BCUT2D eigenvalue weighted by atomic mass is 9.97. The van der Waals surface area contributed by atoms with Crippen LogP contribution in [-0.2, 0) is 0 Å². The Hall–Kier alpha value is -6.74. The van der Waals surface area contributed by atoms with E-state index < -0.39 is 0 Å². The Kier molecular flexibility index (Phi) is 7.70. The van der Waals surface area contributed by atoms with Crippen LogP contribution >= 0.6 is 11.3 Å². The summed E-state index contributed by atoms with van der Waals surface area (Å²) in [6.45, 7) is 0. The van der Waals surface area contributed by atoms with Gasteiger partial charge in [-0.1, -0.05) is 152 Å². The molecule has 0 aliphatic carbocycles. The number of nitriles is 1. The number of nitrogens with zero attached hydrogens (tertiary/aromatic N) is 4. The van der Waals surface area contributed by atoms with E-state index in [2.05, 4.69) is 91.0 Å². The lowest BCUT2D eigenvalue weighted by Crippen LogP contribution is -2.00. The van der Waals surface area contributed by atoms with Crippen LogP contribution in [0.3, 0.4) is 0 Å². The van der Waals surface area contributed by atoms with Gasteiger partial charge in [0.05, 0.1) is 11.6 Å². The largest absolute Gasteiger partial charge is 0.208 e. The predicted octanol–water partition coefficient (Wildman–Crippen LogP) is 12.1. The molecule has 0 saturated carbocycles. The molecule has 9 aromatic rings. The second-order valence-electron chi connectivity index (χ2n) is 12.3. The van der Waals surface area contributed by atoms with E-state index in [1.54, 1.807) is 11.3 Å². The molecule has 4 nitrogen and oxygen atoms in total. The Morgan fingerprint density at radius 2 is 0.882 bits per heavy atom. The average molecular weight is 669 g/mol. The van der Waals surface area contributed by atoms with Gasteiger partial charge in [0.25, 0.3) is 0 Å². The van der Waals surface area contributed by atoms with Gasteiger partial charge < -0.3 is 0 Å². The van der Waals surface area contributed by atoms with E-state index in [1.807, 2.05) is 84.9 Å². The molecule has 2 heterocycles. The van der Waals surface area contributed by atoms with Crippen LogP contribution in [0.1, 0.15) is 5.56 Å². The van der Waals surface area contributed by atoms with Crippen LogP contribution in [0.2, 0.25) is 0 Å². The smallest absolute Gasteiger partial charge is 0.164 e. The highest BCUT2D eigenvalue weighted by Crippen LogP contribution is 2.42. The molecule has 0 N–H and O–H groups in total. The van der Waals surface area contributed by atoms with Crippen LogP contribution in [-0.4, -0.2) is 15.0 Å². The van der Waals surface area contributed by atoms with Crippen molar-refractivity contribution in [3.8, 4) is 73.6 Å². The number of hydrogen-bond acceptors (Lipinski definition) is 5. The Morgan fingerprint density at radius 1 is 0.392 bits per heavy atom. The minimum atomic E-state index is 0.594. The average Bonchev–Trinajstić information content (AvgIpc) is 3.60. The fourth-order valence-corrected chi connectivity index (χ4v) is 7.83. The molecule has 0 saturated heterocycles. The van der Waals surface area contributed by atoms with E-state index >= 15 is 0 Å². The minimum absolute atomic E-state index is 0.594. The van der Waals surface area contributed by atoms with Crippen LogP contribution in [0, 0.1) is 11.3 Å². The van der Waals surface area contributed by atoms with E-state index in [1.165, 1.54) is 42.4 Å². The summed E-state index contributed by atoms with van der Waals surface area (Å²) < 4.78 is 2.42. The van der Waals surface area contributed by atoms with Crippen LogP contribution in [0.5, 0.6) is 0 Å². The maximum Gasteiger partial charge on any atom is 0.164 e. The molecular formula is C46H28N4S. The fraction of sp³-hybridized carbons (Fsp3) is 0. The molecule has 51 heavy (non-hydrogen) atoms. The van der Waals surface area contributed by atoms with E-state index in [-0.39, 0.29) is 0 Å². The third kappa shape index (κ3) is 5.74. The molecule has 7 aromatic carbocycles. The van der Waals surface area contributed by atoms with Crippen LogP contribution in [0.25, 0.3) is 87.7 Å². The van der Waals surface area contributed by atoms with Crippen LogP contribution in [0.15, 0.2) is 170 Å². The first kappa shape index (κ1) is 30.3. The number of fused-ring (bicyclic) bond motifs is 3. The molecule has 5 heteroatoms. The maximum absolute atomic E-state index is 9.63. The topological polar surface area (TPSA) is 62.5 Å². The highest BCUT2D eigenvalue weighted by molar-refractivity contribution is 7.26. The summed E-state index contributed by atoms with van der Waals surface area (Å²) in [7, 11) is 0. The highest BCUT2D eigenvalue weighted by Gasteiger charge is 2.16. The minimum Gasteiger partial charge on any atom is -0.208 e. The van der Waals surface area contributed by atoms with Crippen molar-refractivity contribution in [2.24, 2.45) is 0 Å². The summed E-state index contributed by atoms with van der Waals surface area (Å²) in [5, 5.41) is 12.1. The molecule has 0 radical (unpaired) electrons. The van der Waals surface area contributed by atoms with E-state index in [4.69, 9.17) is 15.0 Å². The first-order chi connectivity index (χ1) is 25.2. The zero-order valence-corrected chi connectivity index (χ0v) is 28.2. The maximum atomic E-state index is 9.63. The number of rotatable bonds is 6. The van der Waals surface area contributed by atoms with Crippen LogP contribution < -0.4 is 0 Å². The van der Waals surface area contributed by atoms with Crippen molar-refractivity contribution < 1.29 is 0 Å². The molecule has 0 amide bonds. The third-order valence-corrected chi connectivity index (χ3v) is 10.3. The van der Waals surface area contributed by atoms with Gasteiger partial charge in [0.15, 0.2) is 17.5 Å². The summed E-state index contributed by atoms with van der Waals surface area (Å²) >= 11 is 1.79. The Balaban J connectivity index is 1.12. The SMILES string of the molecule is N#Cc1ccccc1-c1ccc(-c2nc(-c3ccccc3)nc(-c3ccc4c(c3)sc3cccc(-c5ccc(-c6ccccc6)cc5)c34)n2)cc1. The van der Waals surface area contributed by atoms with E-state index in [0.29, 0.717) is 23.0 Å². The highest BCUT2D eigenvalue weighted by atomic mass is 32.1. The second-order valence-corrected chi connectivity index (χ2v) is 13.4. The van der Waals surface area contributed by atoms with Crippen LogP contribution in [0.4, 0.5) is 0 Å². The molecule has 238 valence electrons. The van der Waals surface area contributed by atoms with Gasteiger partial charge in [-0.05, 0) is 51.6 Å². The first-order valence-corrected chi connectivity index (χ1v) is 17.6. The monoisotopic (exact) mass is 668 g/mol. The molecule has 9 rings (SSSR count). The van der Waals surface area contributed by atoms with Crippen molar-refractivity contribution in [3.05, 3.63) is 175 Å². The van der Waals surface area contributed by atoms with Gasteiger partial charge in [-0.25, -0.2) is 15.0 Å². The van der Waals surface area contributed by atoms with Gasteiger partial charge in [-0.3, -0.25) is 0 Å². The van der Waals surface area contributed by atoms with Gasteiger partial charge in [-0.2, -0.15) is 5.26 Å². The Morgan fingerprint density at radius 3 is 1.57 bits per heavy atom. The fourth-order valence-electron chi connectivity index (χ4n) is 6.66. The molecule has 0 bridgehead atoms. The molecule has 0 unspecified atom stereocenters. The quantitative estimate of drug-likeness (QED) is 0.177. The van der Waals surface area contributed by atoms with Crippen molar-refractivity contribution in [1.82, 2.24) is 15.0 Å². The summed E-state index contributed by atoms with van der Waals surface area (Å²) in [6.07, 6.45) is 0. The lowest BCUT2D eigenvalue weighted by Gasteiger charge is -2.10. The number of benzene rings is 7. The Bertz CT molecular complexity index is 2730. The summed E-state index contributed by atoms with van der Waals surface area (Å²) in [6, 6.07) is 60.5. The summed E-state index contributed by atoms with van der Waals surface area (Å²) in [4.78, 5) is 14.9. The van der Waals surface area contributed by atoms with E-state index in [9.17, 15) is 5.26 Å². The molecule has 0 atom stereocenters. The van der Waals surface area contributed by atoms with Crippen molar-refractivity contribution in [3.63, 3.8) is 0 Å². The molecule has 0 aliphatic rings. The molecule has 0 aliphatic heterocycles. The third-order valence-electron chi connectivity index (χ3n) is 9.23. The molecule has 2 aromatic heterocycles. The molecular weight excluding hydrogens is 641 g/mol. The van der Waals surface area contributed by atoms with Crippen molar-refractivity contribution in [1.29, 1.82) is 5.26 Å². The number of hydrogen-bond donors (Lipinski definition) is 0. The lowest BCUT2D eigenvalue weighted by molar-refractivity contribution is 1.07. The first-order valence-electron chi connectivity index (χ1n) is 16.7. The van der Waals surface area contributed by atoms with Gasteiger partial charge in [0.1, 0.15) is 0 Å². The zero-order valence-electron chi connectivity index (χ0n) is 27.4. The zero-order chi connectivity index (χ0) is 34.1. The van der Waals surface area contributed by atoms with Gasteiger partial charge in [-0.15, -0.1) is 11.3 Å². The molecule has 0 spiro atoms. The number of thiophene rings is 1. The normalized spacial score (nSPS) is 11.1. The summed E-state index contributed by atoms with van der Waals surface area (Å²) in [5.41, 5.74) is 10.1. The molecule has 0 fully saturated rings. The van der Waals surface area contributed by atoms with Crippen molar-refractivity contribution in [2.75, 3.05) is 0 Å². The predicted molar refractivity (Wildman–Crippen MR) is 210 cm³/mol. The second kappa shape index (κ2) is 12.9. The van der Waals surface area contributed by atoms with Crippen molar-refractivity contribution in [2.45, 2.75) is 0 Å².